The number of hydrogen-bond acceptors (Lipinski definition) is 4. The van der Waals surface area contributed by atoms with Gasteiger partial charge in [0.1, 0.15) is 5.69 Å². The van der Waals surface area contributed by atoms with E-state index in [1.54, 1.807) is 0 Å². The predicted molar refractivity (Wildman–Crippen MR) is 234 cm³/mol. The van der Waals surface area contributed by atoms with E-state index in [-0.39, 0.29) is 0 Å². The molecule has 0 aliphatic carbocycles. The maximum Gasteiger partial charge on any atom is 0.160 e. The second-order valence-electron chi connectivity index (χ2n) is 14.0. The van der Waals surface area contributed by atoms with E-state index in [4.69, 9.17) is 15.1 Å². The minimum absolute atomic E-state index is 0.701. The first-order chi connectivity index (χ1) is 27.8. The topological polar surface area (TPSA) is 43.1 Å². The summed E-state index contributed by atoms with van der Waals surface area (Å²) in [6, 6.07) is 68.3. The largest absolute Gasteiger partial charge is 0.231 e. The van der Waals surface area contributed by atoms with Crippen LogP contribution in [0.5, 0.6) is 0 Å². The number of pyridine rings is 1. The van der Waals surface area contributed by atoms with E-state index in [0.717, 1.165) is 72.6 Å². The number of rotatable bonds is 6. The van der Waals surface area contributed by atoms with E-state index in [1.807, 2.05) is 29.5 Å². The molecule has 11 aromatic rings. The smallest absolute Gasteiger partial charge is 0.160 e. The third-order valence-electron chi connectivity index (χ3n) is 10.6. The first-order valence-corrected chi connectivity index (χ1v) is 19.6. The molecular weight excluding hydrogens is 701 g/mol. The molecule has 0 fully saturated rings. The van der Waals surface area contributed by atoms with Gasteiger partial charge >= 0.3 is 0 Å². The van der Waals surface area contributed by atoms with Gasteiger partial charge in [0.25, 0.3) is 0 Å². The van der Waals surface area contributed by atoms with Crippen LogP contribution in [0.2, 0.25) is 0 Å². The van der Waals surface area contributed by atoms with Crippen molar-refractivity contribution in [2.75, 3.05) is 0 Å². The predicted octanol–water partition coefficient (Wildman–Crippen LogP) is 13.6. The number of aromatic nitrogens is 4. The fraction of sp³-hybridized carbons (Fsp3) is 0. The Morgan fingerprint density at radius 2 is 1.04 bits per heavy atom. The van der Waals surface area contributed by atoms with Gasteiger partial charge in [0.05, 0.1) is 22.6 Å². The molecule has 0 saturated heterocycles. The highest BCUT2D eigenvalue weighted by Crippen LogP contribution is 2.43. The molecule has 0 unspecified atom stereocenters. The standard InChI is InChI=1S/C51H32N4S/c1-4-15-34(16-5-1)45-31-38-21-10-11-22-39(38)49-47(35-17-6-2-7-18-35)48(54-55(45)49)36-29-27-33(28-30-36)43-32-44(53-51(52-43)37-19-8-3-9-20-37)42-25-14-24-41-40-23-12-13-26-46(40)56-50(41)42/h1-32H. The fourth-order valence-electron chi connectivity index (χ4n) is 7.98. The highest BCUT2D eigenvalue weighted by atomic mass is 32.1. The Bertz CT molecular complexity index is 3220. The van der Waals surface area contributed by atoms with Crippen molar-refractivity contribution in [2.24, 2.45) is 0 Å². The van der Waals surface area contributed by atoms with Crippen molar-refractivity contribution >= 4 is 47.8 Å². The highest BCUT2D eigenvalue weighted by molar-refractivity contribution is 7.26. The molecule has 0 bridgehead atoms. The van der Waals surface area contributed by atoms with Crippen molar-refractivity contribution in [3.05, 3.63) is 194 Å². The van der Waals surface area contributed by atoms with Crippen molar-refractivity contribution in [1.29, 1.82) is 0 Å². The zero-order valence-corrected chi connectivity index (χ0v) is 31.0. The van der Waals surface area contributed by atoms with Crippen LogP contribution in [-0.2, 0) is 0 Å². The maximum absolute atomic E-state index is 5.43. The van der Waals surface area contributed by atoms with E-state index < -0.39 is 0 Å². The molecule has 4 heterocycles. The van der Waals surface area contributed by atoms with Crippen LogP contribution in [0.15, 0.2) is 194 Å². The lowest BCUT2D eigenvalue weighted by atomic mass is 9.96. The molecule has 0 spiro atoms. The molecule has 0 amide bonds. The number of thiophene rings is 1. The van der Waals surface area contributed by atoms with Gasteiger partial charge in [-0.1, -0.05) is 176 Å². The van der Waals surface area contributed by atoms with Crippen LogP contribution in [0.4, 0.5) is 0 Å². The summed E-state index contributed by atoms with van der Waals surface area (Å²) in [5.74, 6) is 0.701. The van der Waals surface area contributed by atoms with Gasteiger partial charge in [-0.2, -0.15) is 5.10 Å². The second-order valence-corrected chi connectivity index (χ2v) is 15.1. The summed E-state index contributed by atoms with van der Waals surface area (Å²) in [5.41, 5.74) is 12.3. The molecule has 56 heavy (non-hydrogen) atoms. The van der Waals surface area contributed by atoms with Crippen LogP contribution in [0, 0.1) is 0 Å². The van der Waals surface area contributed by atoms with Crippen LogP contribution >= 0.6 is 11.3 Å². The Balaban J connectivity index is 1.10. The number of nitrogens with zero attached hydrogens (tertiary/aromatic N) is 4. The van der Waals surface area contributed by atoms with Crippen molar-refractivity contribution in [3.63, 3.8) is 0 Å². The Hall–Kier alpha value is -7.21. The minimum atomic E-state index is 0.701. The Morgan fingerprint density at radius 3 is 1.80 bits per heavy atom. The molecule has 5 heteroatoms. The molecule has 0 aliphatic rings. The van der Waals surface area contributed by atoms with Gasteiger partial charge in [-0.25, -0.2) is 14.5 Å². The number of hydrogen-bond donors (Lipinski definition) is 0. The summed E-state index contributed by atoms with van der Waals surface area (Å²) in [4.78, 5) is 10.4. The molecule has 0 radical (unpaired) electrons. The van der Waals surface area contributed by atoms with Crippen molar-refractivity contribution in [1.82, 2.24) is 19.6 Å². The Morgan fingerprint density at radius 1 is 0.429 bits per heavy atom. The summed E-state index contributed by atoms with van der Waals surface area (Å²) in [5, 5.41) is 10.3. The van der Waals surface area contributed by atoms with Gasteiger partial charge < -0.3 is 0 Å². The van der Waals surface area contributed by atoms with Gasteiger partial charge in [0.15, 0.2) is 5.82 Å². The molecule has 0 N–H and O–H groups in total. The second kappa shape index (κ2) is 13.3. The number of benzene rings is 7. The van der Waals surface area contributed by atoms with Crippen LogP contribution in [0.25, 0.3) is 104 Å². The Kier molecular flexibility index (Phi) is 7.64. The molecule has 11 rings (SSSR count). The maximum atomic E-state index is 5.43. The molecule has 4 nitrogen and oxygen atoms in total. The quantitative estimate of drug-likeness (QED) is 0.171. The summed E-state index contributed by atoms with van der Waals surface area (Å²) in [6.45, 7) is 0. The molecule has 0 atom stereocenters. The van der Waals surface area contributed by atoms with Gasteiger partial charge in [0, 0.05) is 58.9 Å². The van der Waals surface area contributed by atoms with Crippen molar-refractivity contribution in [3.8, 4) is 67.5 Å². The lowest BCUT2D eigenvalue weighted by Crippen LogP contribution is -1.96. The first-order valence-electron chi connectivity index (χ1n) is 18.8. The van der Waals surface area contributed by atoms with Gasteiger partial charge in [-0.15, -0.1) is 11.3 Å². The Labute approximate surface area is 327 Å². The van der Waals surface area contributed by atoms with Crippen LogP contribution in [0.3, 0.4) is 0 Å². The summed E-state index contributed by atoms with van der Waals surface area (Å²) in [7, 11) is 0. The third kappa shape index (κ3) is 5.40. The third-order valence-corrected chi connectivity index (χ3v) is 11.9. The summed E-state index contributed by atoms with van der Waals surface area (Å²) in [6.07, 6.45) is 0. The molecule has 0 saturated carbocycles. The molecule has 262 valence electrons. The van der Waals surface area contributed by atoms with E-state index in [0.29, 0.717) is 5.82 Å². The molecular formula is C51H32N4S. The van der Waals surface area contributed by atoms with E-state index in [9.17, 15) is 0 Å². The van der Waals surface area contributed by atoms with Gasteiger partial charge in [0.2, 0.25) is 0 Å². The highest BCUT2D eigenvalue weighted by Gasteiger charge is 2.22. The SMILES string of the molecule is c1ccc(-c2nc(-c3ccc(-c4nn5c(-c6ccccc6)cc6ccccc6c5c4-c4ccccc4)cc3)cc(-c3cccc4c3sc3ccccc34)n2)cc1. The summed E-state index contributed by atoms with van der Waals surface area (Å²) < 4.78 is 4.64. The molecule has 0 aliphatic heterocycles. The first kappa shape index (κ1) is 32.2. The average molecular weight is 733 g/mol. The average Bonchev–Trinajstić information content (AvgIpc) is 3.87. The lowest BCUT2D eigenvalue weighted by Gasteiger charge is -2.11. The minimum Gasteiger partial charge on any atom is -0.231 e. The lowest BCUT2D eigenvalue weighted by molar-refractivity contribution is 0.979. The van der Waals surface area contributed by atoms with Crippen LogP contribution < -0.4 is 0 Å². The normalized spacial score (nSPS) is 11.6. The van der Waals surface area contributed by atoms with Crippen molar-refractivity contribution in [2.45, 2.75) is 0 Å². The van der Waals surface area contributed by atoms with Gasteiger partial charge in [-0.3, -0.25) is 0 Å². The zero-order valence-electron chi connectivity index (χ0n) is 30.2. The monoisotopic (exact) mass is 732 g/mol. The fourth-order valence-corrected chi connectivity index (χ4v) is 9.21. The zero-order chi connectivity index (χ0) is 37.0. The van der Waals surface area contributed by atoms with Crippen LogP contribution in [0.1, 0.15) is 0 Å². The van der Waals surface area contributed by atoms with E-state index in [2.05, 4.69) is 180 Å². The number of fused-ring (bicyclic) bond motifs is 6. The molecule has 4 aromatic heterocycles. The van der Waals surface area contributed by atoms with Crippen LogP contribution in [-0.4, -0.2) is 19.6 Å². The summed E-state index contributed by atoms with van der Waals surface area (Å²) >= 11 is 1.82. The molecule has 7 aromatic carbocycles. The van der Waals surface area contributed by atoms with E-state index >= 15 is 0 Å². The van der Waals surface area contributed by atoms with E-state index in [1.165, 1.54) is 25.6 Å². The van der Waals surface area contributed by atoms with Gasteiger partial charge in [-0.05, 0) is 29.1 Å². The van der Waals surface area contributed by atoms with Crippen molar-refractivity contribution < 1.29 is 0 Å².